The highest BCUT2D eigenvalue weighted by atomic mass is 35.5. The second-order valence-electron chi connectivity index (χ2n) is 4.28. The van der Waals surface area contributed by atoms with Gasteiger partial charge in [0.25, 0.3) is 0 Å². The van der Waals surface area contributed by atoms with E-state index in [0.717, 1.165) is 5.56 Å². The fourth-order valence-electron chi connectivity index (χ4n) is 1.86. The molecule has 2 rings (SSSR count). The van der Waals surface area contributed by atoms with Crippen LogP contribution in [0.25, 0.3) is 6.08 Å². The van der Waals surface area contributed by atoms with Gasteiger partial charge in [0.15, 0.2) is 0 Å². The minimum Gasteiger partial charge on any atom is -0.354 e. The first-order chi connectivity index (χ1) is 9.16. The minimum atomic E-state index is -0.101. The van der Waals surface area contributed by atoms with E-state index in [1.807, 2.05) is 18.2 Å². The number of rotatable bonds is 2. The fourth-order valence-corrected chi connectivity index (χ4v) is 2.06. The number of nitrogens with one attached hydrogen (secondary N) is 1. The van der Waals surface area contributed by atoms with Crippen LogP contribution in [0.15, 0.2) is 30.3 Å². The summed E-state index contributed by atoms with van der Waals surface area (Å²) in [7, 11) is 0. The van der Waals surface area contributed by atoms with Crippen molar-refractivity contribution in [3.63, 3.8) is 0 Å². The largest absolute Gasteiger partial charge is 0.354 e. The Hall–Kier alpha value is -1.81. The number of nitrogens with zero attached hydrogens (tertiary/aromatic N) is 1. The molecule has 0 spiro atoms. The molecule has 1 heterocycles. The maximum Gasteiger partial charge on any atom is 0.246 e. The Morgan fingerprint density at radius 3 is 2.89 bits per heavy atom. The van der Waals surface area contributed by atoms with E-state index >= 15 is 0 Å². The van der Waals surface area contributed by atoms with E-state index in [1.54, 1.807) is 17.0 Å². The Morgan fingerprint density at radius 2 is 2.11 bits per heavy atom. The van der Waals surface area contributed by atoms with Crippen LogP contribution in [0, 0.1) is 0 Å². The van der Waals surface area contributed by atoms with Gasteiger partial charge < -0.3 is 10.2 Å². The standard InChI is InChI=1S/C14H15ClN2O2/c15-12-4-2-1-3-11(12)5-6-14(19)17-9-7-13(18)16-8-10-17/h1-6H,7-10H2,(H,16,18)/b6-5+. The van der Waals surface area contributed by atoms with Crippen LogP contribution in [0.4, 0.5) is 0 Å². The fraction of sp³-hybridized carbons (Fsp3) is 0.286. The average molecular weight is 279 g/mol. The summed E-state index contributed by atoms with van der Waals surface area (Å²) in [6.45, 7) is 1.50. The Labute approximate surface area is 117 Å². The third kappa shape index (κ3) is 3.83. The maximum atomic E-state index is 12.0. The quantitative estimate of drug-likeness (QED) is 0.837. The molecular formula is C14H15ClN2O2. The highest BCUT2D eigenvalue weighted by molar-refractivity contribution is 6.32. The lowest BCUT2D eigenvalue weighted by Crippen LogP contribution is -2.32. The van der Waals surface area contributed by atoms with E-state index in [0.29, 0.717) is 31.1 Å². The van der Waals surface area contributed by atoms with Crippen LogP contribution in [0.1, 0.15) is 12.0 Å². The van der Waals surface area contributed by atoms with Crippen LogP contribution >= 0.6 is 11.6 Å². The van der Waals surface area contributed by atoms with E-state index in [9.17, 15) is 9.59 Å². The van der Waals surface area contributed by atoms with Gasteiger partial charge in [0.2, 0.25) is 11.8 Å². The van der Waals surface area contributed by atoms with Crippen molar-refractivity contribution in [3.05, 3.63) is 40.9 Å². The zero-order chi connectivity index (χ0) is 13.7. The van der Waals surface area contributed by atoms with Gasteiger partial charge in [-0.05, 0) is 17.7 Å². The molecule has 0 aliphatic carbocycles. The Morgan fingerprint density at radius 1 is 1.32 bits per heavy atom. The normalized spacial score (nSPS) is 16.3. The number of hydrogen-bond acceptors (Lipinski definition) is 2. The Kier molecular flexibility index (Phi) is 4.58. The van der Waals surface area contributed by atoms with Crippen molar-refractivity contribution < 1.29 is 9.59 Å². The predicted molar refractivity (Wildman–Crippen MR) is 74.7 cm³/mol. The van der Waals surface area contributed by atoms with Gasteiger partial charge >= 0.3 is 0 Å². The van der Waals surface area contributed by atoms with Crippen molar-refractivity contribution in [3.8, 4) is 0 Å². The predicted octanol–water partition coefficient (Wildman–Crippen LogP) is 1.70. The van der Waals surface area contributed by atoms with E-state index in [2.05, 4.69) is 5.32 Å². The first-order valence-corrected chi connectivity index (χ1v) is 6.53. The second-order valence-corrected chi connectivity index (χ2v) is 4.69. The molecule has 1 aliphatic rings. The number of amides is 2. The van der Waals surface area contributed by atoms with Gasteiger partial charge in [-0.1, -0.05) is 29.8 Å². The van der Waals surface area contributed by atoms with Crippen molar-refractivity contribution in [2.75, 3.05) is 19.6 Å². The molecule has 0 aromatic heterocycles. The topological polar surface area (TPSA) is 49.4 Å². The molecular weight excluding hydrogens is 264 g/mol. The van der Waals surface area contributed by atoms with Crippen LogP contribution in [0.5, 0.6) is 0 Å². The van der Waals surface area contributed by atoms with Crippen molar-refractivity contribution in [1.29, 1.82) is 0 Å². The van der Waals surface area contributed by atoms with Gasteiger partial charge in [0, 0.05) is 37.2 Å². The summed E-state index contributed by atoms with van der Waals surface area (Å²) in [5.41, 5.74) is 0.807. The van der Waals surface area contributed by atoms with Crippen molar-refractivity contribution in [2.45, 2.75) is 6.42 Å². The minimum absolute atomic E-state index is 0.00890. The summed E-state index contributed by atoms with van der Waals surface area (Å²) >= 11 is 6.01. The third-order valence-corrected chi connectivity index (χ3v) is 3.28. The number of hydrogen-bond donors (Lipinski definition) is 1. The lowest BCUT2D eigenvalue weighted by molar-refractivity contribution is -0.125. The number of benzene rings is 1. The number of carbonyl (C=O) groups excluding carboxylic acids is 2. The van der Waals surface area contributed by atoms with Crippen LogP contribution in [-0.2, 0) is 9.59 Å². The zero-order valence-corrected chi connectivity index (χ0v) is 11.2. The lowest BCUT2D eigenvalue weighted by Gasteiger charge is -2.17. The van der Waals surface area contributed by atoms with Crippen LogP contribution in [0.2, 0.25) is 5.02 Å². The van der Waals surface area contributed by atoms with Crippen LogP contribution in [-0.4, -0.2) is 36.3 Å². The first-order valence-electron chi connectivity index (χ1n) is 6.15. The molecule has 0 atom stereocenters. The summed E-state index contributed by atoms with van der Waals surface area (Å²) in [5, 5.41) is 3.34. The summed E-state index contributed by atoms with van der Waals surface area (Å²) < 4.78 is 0. The summed E-state index contributed by atoms with van der Waals surface area (Å²) in [4.78, 5) is 24.8. The van der Waals surface area contributed by atoms with Crippen molar-refractivity contribution >= 4 is 29.5 Å². The second kappa shape index (κ2) is 6.38. The molecule has 5 heteroatoms. The lowest BCUT2D eigenvalue weighted by atomic mass is 10.2. The van der Waals surface area contributed by atoms with Crippen molar-refractivity contribution in [2.24, 2.45) is 0 Å². The number of carbonyl (C=O) groups is 2. The molecule has 0 saturated carbocycles. The average Bonchev–Trinajstić information content (AvgIpc) is 2.62. The smallest absolute Gasteiger partial charge is 0.246 e. The number of halogens is 1. The molecule has 1 aromatic rings. The van der Waals surface area contributed by atoms with Gasteiger partial charge in [0.1, 0.15) is 0 Å². The molecule has 2 amide bonds. The van der Waals surface area contributed by atoms with E-state index in [4.69, 9.17) is 11.6 Å². The molecule has 1 saturated heterocycles. The highest BCUT2D eigenvalue weighted by Gasteiger charge is 2.16. The zero-order valence-electron chi connectivity index (χ0n) is 10.4. The SMILES string of the molecule is O=C1CCN(C(=O)/C=C/c2ccccc2Cl)CCN1. The Balaban J connectivity index is 2.00. The van der Waals surface area contributed by atoms with Crippen LogP contribution in [0.3, 0.4) is 0 Å². The molecule has 1 fully saturated rings. The molecule has 1 aliphatic heterocycles. The third-order valence-electron chi connectivity index (χ3n) is 2.94. The summed E-state index contributed by atoms with van der Waals surface area (Å²) in [5.74, 6) is -0.109. The first kappa shape index (κ1) is 13.6. The molecule has 0 radical (unpaired) electrons. The molecule has 0 bridgehead atoms. The van der Waals surface area contributed by atoms with Crippen molar-refractivity contribution in [1.82, 2.24) is 10.2 Å². The molecule has 4 nitrogen and oxygen atoms in total. The highest BCUT2D eigenvalue weighted by Crippen LogP contribution is 2.16. The van der Waals surface area contributed by atoms with Gasteiger partial charge in [-0.15, -0.1) is 0 Å². The maximum absolute atomic E-state index is 12.0. The molecule has 100 valence electrons. The van der Waals surface area contributed by atoms with Gasteiger partial charge in [-0.2, -0.15) is 0 Å². The van der Waals surface area contributed by atoms with Crippen LogP contribution < -0.4 is 5.32 Å². The van der Waals surface area contributed by atoms with E-state index in [-0.39, 0.29) is 11.8 Å². The monoisotopic (exact) mass is 278 g/mol. The van der Waals surface area contributed by atoms with E-state index in [1.165, 1.54) is 6.08 Å². The molecule has 1 N–H and O–H groups in total. The molecule has 0 unspecified atom stereocenters. The molecule has 19 heavy (non-hydrogen) atoms. The van der Waals surface area contributed by atoms with E-state index < -0.39 is 0 Å². The van der Waals surface area contributed by atoms with Gasteiger partial charge in [-0.25, -0.2) is 0 Å². The van der Waals surface area contributed by atoms with Gasteiger partial charge in [-0.3, -0.25) is 9.59 Å². The van der Waals surface area contributed by atoms with Gasteiger partial charge in [0.05, 0.1) is 0 Å². The summed E-state index contributed by atoms with van der Waals surface area (Å²) in [6.07, 6.45) is 3.55. The molecule has 1 aromatic carbocycles. The summed E-state index contributed by atoms with van der Waals surface area (Å²) in [6, 6.07) is 7.33. The Bertz CT molecular complexity index is 514.